The van der Waals surface area contributed by atoms with Crippen LogP contribution in [-0.4, -0.2) is 163 Å². The lowest BCUT2D eigenvalue weighted by molar-refractivity contribution is -0.306. The molecule has 0 saturated heterocycles. The van der Waals surface area contributed by atoms with E-state index < -0.39 is 80.5 Å². The fraction of sp³-hybridized carbons (Fsp3) is 0.288. The largest absolute Gasteiger partial charge is 1.00 e. The van der Waals surface area contributed by atoms with Gasteiger partial charge in [0.15, 0.2) is 34.7 Å². The lowest BCUT2D eigenvalue weighted by Gasteiger charge is -2.17. The van der Waals surface area contributed by atoms with Crippen molar-refractivity contribution in [3.05, 3.63) is 428 Å². The lowest BCUT2D eigenvalue weighted by atomic mass is 9.98. The number of ketones is 6. The van der Waals surface area contributed by atoms with Gasteiger partial charge in [-0.1, -0.05) is 287 Å². The quantitative estimate of drug-likeness (QED) is 0.00643. The van der Waals surface area contributed by atoms with Gasteiger partial charge in [0.25, 0.3) is 10.5 Å². The lowest BCUT2D eigenvalue weighted by Crippen LogP contribution is -3.00. The second-order valence-electron chi connectivity index (χ2n) is 37.6. The van der Waals surface area contributed by atoms with Crippen LogP contribution in [0.15, 0.2) is 328 Å². The highest BCUT2D eigenvalue weighted by molar-refractivity contribution is 6.68. The van der Waals surface area contributed by atoms with E-state index in [9.17, 15) is 57.5 Å². The van der Waals surface area contributed by atoms with Crippen molar-refractivity contribution in [3.63, 3.8) is 0 Å². The zero-order valence-corrected chi connectivity index (χ0v) is 90.9. The Morgan fingerprint density at radius 1 is 0.255 bits per heavy atom. The van der Waals surface area contributed by atoms with E-state index in [0.717, 1.165) is 0 Å². The van der Waals surface area contributed by atoms with E-state index in [1.807, 2.05) is 86.6 Å². The van der Waals surface area contributed by atoms with Gasteiger partial charge in [0.2, 0.25) is 12.6 Å². The van der Waals surface area contributed by atoms with Crippen molar-refractivity contribution in [1.82, 2.24) is 0 Å². The molecule has 0 heterocycles. The molecule has 0 saturated carbocycles. The number of methoxy groups -OCH3 is 2. The number of ether oxygens (including phenoxy) is 5. The first-order valence-corrected chi connectivity index (χ1v) is 47.3. The molecular formula is C118H134Cl4O27-2. The van der Waals surface area contributed by atoms with Crippen molar-refractivity contribution in [2.24, 2.45) is 0 Å². The first-order chi connectivity index (χ1) is 69.1. The van der Waals surface area contributed by atoms with Crippen LogP contribution in [0.4, 0.5) is 0 Å². The first kappa shape index (κ1) is 134. The zero-order chi connectivity index (χ0) is 110. The highest BCUT2D eigenvalue weighted by atomic mass is 35.5. The molecule has 0 spiro atoms. The van der Waals surface area contributed by atoms with Gasteiger partial charge in [-0.15, -0.1) is 0 Å². The second kappa shape index (κ2) is 68.3. The molecule has 798 valence electrons. The number of rotatable bonds is 29. The molecule has 31 heteroatoms. The Labute approximate surface area is 895 Å². The van der Waals surface area contributed by atoms with Crippen LogP contribution in [0.2, 0.25) is 0 Å². The van der Waals surface area contributed by atoms with Crippen LogP contribution in [0.5, 0.6) is 0 Å². The number of carbonyl (C=O) groups excluding carboxylic acids is 12. The zero-order valence-electron chi connectivity index (χ0n) is 87.9. The van der Waals surface area contributed by atoms with E-state index in [4.69, 9.17) is 87.2 Å². The van der Waals surface area contributed by atoms with E-state index >= 15 is 0 Å². The SMILES string of the molecule is CC(C)(C)O.CC(C)(C)O.CC(C)(C)OO.CC(C)(C)OO.CC(C)(C)OOC(=O)c1ccc(C(=O)c2ccccc2)cc1.CC(C)(C)OOC(=O)c1ccccc1C(=O)c1ccccc1.CCC(OC)OC(=O)c1ccccc1C(=O)c1ccccc1.CCC(OCCOC)OC(=O)c1ccc(C(=O)c2ccccc2)cc1.O=C(Cl)c1ccc(C(=O)c2ccccc2)cc1.O=C(Cl)c1ccccc1C(=O)c1ccccc1.[Cl-].[Cl-]. The fourth-order valence-electron chi connectivity index (χ4n) is 10.9. The minimum Gasteiger partial charge on any atom is -1.00 e. The molecule has 0 amide bonds. The van der Waals surface area contributed by atoms with E-state index in [2.05, 4.69) is 9.78 Å². The van der Waals surface area contributed by atoms with E-state index in [0.29, 0.717) is 104 Å². The van der Waals surface area contributed by atoms with Crippen molar-refractivity contribution < 1.29 is 156 Å². The van der Waals surface area contributed by atoms with Gasteiger partial charge in [0.05, 0.1) is 57.9 Å². The molecule has 12 rings (SSSR count). The first-order valence-electron chi connectivity index (χ1n) is 46.6. The number of hydrogen-bond acceptors (Lipinski definition) is 27. The Balaban J connectivity index is 0.000000858. The summed E-state index contributed by atoms with van der Waals surface area (Å²) >= 11 is 10.8. The molecular weight excluding hydrogens is 1990 g/mol. The number of hydrogen-bond donors (Lipinski definition) is 4. The minimum atomic E-state index is -0.685. The van der Waals surface area contributed by atoms with Crippen LogP contribution in [0.1, 0.15) is 309 Å². The van der Waals surface area contributed by atoms with Gasteiger partial charge in [0, 0.05) is 105 Å². The van der Waals surface area contributed by atoms with Crippen molar-refractivity contribution in [1.29, 1.82) is 0 Å². The molecule has 4 N–H and O–H groups in total. The van der Waals surface area contributed by atoms with Gasteiger partial charge in [0.1, 0.15) is 11.2 Å². The molecule has 0 bridgehead atoms. The third-order valence-electron chi connectivity index (χ3n) is 17.8. The van der Waals surface area contributed by atoms with E-state index in [-0.39, 0.29) is 81.8 Å². The van der Waals surface area contributed by atoms with Crippen molar-refractivity contribution >= 4 is 92.3 Å². The smallest absolute Gasteiger partial charge is 0.373 e. The molecule has 0 aromatic heterocycles. The number of carbonyl (C=O) groups is 12. The molecule has 0 fully saturated rings. The van der Waals surface area contributed by atoms with Gasteiger partial charge in [-0.2, -0.15) is 9.78 Å². The van der Waals surface area contributed by atoms with Gasteiger partial charge >= 0.3 is 23.9 Å². The second-order valence-corrected chi connectivity index (χ2v) is 38.2. The van der Waals surface area contributed by atoms with Gasteiger partial charge in [-0.05, 0) is 202 Å². The average Bonchev–Trinajstić information content (AvgIpc) is 0.823. The molecule has 2 unspecified atom stereocenters. The summed E-state index contributed by atoms with van der Waals surface area (Å²) in [4.78, 5) is 172. The third-order valence-corrected chi connectivity index (χ3v) is 18.2. The van der Waals surface area contributed by atoms with Crippen molar-refractivity contribution in [2.45, 2.75) is 198 Å². The number of halogens is 4. The summed E-state index contributed by atoms with van der Waals surface area (Å²) in [5.41, 5.74) is 4.69. The monoisotopic (exact) mass is 2120 g/mol. The summed E-state index contributed by atoms with van der Waals surface area (Å²) in [6.45, 7) is 36.2. The Bertz CT molecular complexity index is 6010. The van der Waals surface area contributed by atoms with Crippen LogP contribution in [0.25, 0.3) is 0 Å². The number of benzene rings is 12. The maximum Gasteiger partial charge on any atom is 0.373 e. The molecule has 27 nitrogen and oxygen atoms in total. The fourth-order valence-corrected chi connectivity index (χ4v) is 11.2. The molecule has 12 aromatic rings. The Morgan fingerprint density at radius 3 is 0.718 bits per heavy atom. The summed E-state index contributed by atoms with van der Waals surface area (Å²) in [5.74, 6) is -3.21. The molecule has 12 aromatic carbocycles. The Hall–Kier alpha value is -13.4. The maximum absolute atomic E-state index is 12.6. The van der Waals surface area contributed by atoms with Gasteiger partial charge in [-0.3, -0.25) is 58.6 Å². The van der Waals surface area contributed by atoms with E-state index in [1.54, 1.807) is 387 Å². The van der Waals surface area contributed by atoms with Crippen molar-refractivity contribution in [3.8, 4) is 0 Å². The Morgan fingerprint density at radius 2 is 0.470 bits per heavy atom. The number of esters is 2. The summed E-state index contributed by atoms with van der Waals surface area (Å²) in [6, 6.07) is 92.1. The molecule has 0 aliphatic rings. The van der Waals surface area contributed by atoms with E-state index in [1.165, 1.54) is 7.11 Å². The summed E-state index contributed by atoms with van der Waals surface area (Å²) < 4.78 is 25.9. The predicted octanol–water partition coefficient (Wildman–Crippen LogP) is 19.2. The average molecular weight is 2130 g/mol. The molecule has 0 aliphatic heterocycles. The van der Waals surface area contributed by atoms with Gasteiger partial charge in [-0.25, -0.2) is 29.0 Å². The molecule has 0 aliphatic carbocycles. The van der Waals surface area contributed by atoms with Crippen molar-refractivity contribution in [2.75, 3.05) is 27.4 Å². The minimum absolute atomic E-state index is 0. The summed E-state index contributed by atoms with van der Waals surface area (Å²) in [7, 11) is 3.05. The normalized spacial score (nSPS) is 11.0. The van der Waals surface area contributed by atoms with Crippen LogP contribution in [0, 0.1) is 0 Å². The van der Waals surface area contributed by atoms with Crippen LogP contribution < -0.4 is 24.8 Å². The highest BCUT2D eigenvalue weighted by Gasteiger charge is 2.27. The molecule has 2 atom stereocenters. The molecule has 149 heavy (non-hydrogen) atoms. The Kier molecular flexibility index (Phi) is 61.2. The standard InChI is InChI=1S/C20H22O5.3C18H18O4.2C14H9ClO2.2C4H10O2.2C4H10O.2ClH/c1-3-18(24-14-13-23-2)25-20(22)17-11-9-16(10-12-17)19(21)15-7-5-4-6-8-15;1-18(2,3)22-21-17(20)15-12-8-7-11-14(15)16(19)13-9-5-4-6-10-13;1-18(2,3)22-21-17(20)15-11-9-14(10-12-15)16(19)13-7-5-4-6-8-13;1-3-16(21-2)22-18(20)15-12-8-7-11-14(15)17(19)13-9-5-4-6-10-13;15-14(17)12-9-5-4-8-11(12)13(16)10-6-2-1-3-7-10;15-14(17)12-8-6-11(7-9-12)13(16)10-4-2-1-3-5-10;2*1-4(2,3)6-5;2*1-4(2,3)5;;/h4-12,18H,3,13-14H2,1-2H3;2*4-12H,1-3H3;4-12,16H,3H2,1-2H3;2*1-9H;2*5H,1-3H3;2*5H,1-3H3;2*1H/p-2. The molecule has 0 radical (unpaired) electrons. The van der Waals surface area contributed by atoms with Crippen LogP contribution in [-0.2, 0) is 53.0 Å². The topological polar surface area (TPSA) is 387 Å². The van der Waals surface area contributed by atoms with Crippen LogP contribution in [0.3, 0.4) is 0 Å². The highest BCUT2D eigenvalue weighted by Crippen LogP contribution is 2.24. The summed E-state index contributed by atoms with van der Waals surface area (Å²) in [5, 5.41) is 31.7. The number of aliphatic hydroxyl groups is 2. The van der Waals surface area contributed by atoms with Crippen LogP contribution >= 0.6 is 23.2 Å². The third kappa shape index (κ3) is 55.4. The van der Waals surface area contributed by atoms with Gasteiger partial charge < -0.3 is 58.7 Å². The maximum atomic E-state index is 12.6. The predicted molar refractivity (Wildman–Crippen MR) is 565 cm³/mol. The summed E-state index contributed by atoms with van der Waals surface area (Å²) in [6.07, 6.45) is -0.155.